The summed E-state index contributed by atoms with van der Waals surface area (Å²) in [7, 11) is 4.38. The Morgan fingerprint density at radius 3 is 2.41 bits per heavy atom. The highest BCUT2D eigenvalue weighted by molar-refractivity contribution is 5.98. The zero-order chi connectivity index (χ0) is 16.8. The van der Waals surface area contributed by atoms with E-state index >= 15 is 0 Å². The van der Waals surface area contributed by atoms with E-state index in [9.17, 15) is 9.59 Å². The number of rotatable bonds is 8. The summed E-state index contributed by atoms with van der Waals surface area (Å²) >= 11 is 0. The van der Waals surface area contributed by atoms with Crippen LogP contribution >= 0.6 is 0 Å². The van der Waals surface area contributed by atoms with Crippen LogP contribution in [0.4, 0.5) is 0 Å². The lowest BCUT2D eigenvalue weighted by Gasteiger charge is -2.28. The predicted octanol–water partition coefficient (Wildman–Crippen LogP) is 1.31. The molecule has 122 valence electrons. The molecule has 0 aromatic heterocycles. The molecular weight excluding hydrogens is 290 g/mol. The minimum atomic E-state index is -1.04. The highest BCUT2D eigenvalue weighted by atomic mass is 16.5. The normalized spacial score (nSPS) is 13.1. The molecule has 1 rings (SSSR count). The Morgan fingerprint density at radius 2 is 1.91 bits per heavy atom. The molecule has 7 nitrogen and oxygen atoms in total. The molecule has 0 aliphatic heterocycles. The summed E-state index contributed by atoms with van der Waals surface area (Å²) in [5.41, 5.74) is -0.777. The van der Waals surface area contributed by atoms with Gasteiger partial charge in [-0.2, -0.15) is 0 Å². The number of aliphatic carboxylic acids is 1. The number of ether oxygens (including phenoxy) is 3. The summed E-state index contributed by atoms with van der Waals surface area (Å²) in [5.74, 6) is -0.625. The third-order valence-corrected chi connectivity index (χ3v) is 3.07. The van der Waals surface area contributed by atoms with E-state index < -0.39 is 17.4 Å². The summed E-state index contributed by atoms with van der Waals surface area (Å²) in [4.78, 5) is 23.4. The van der Waals surface area contributed by atoms with Gasteiger partial charge in [0.2, 0.25) is 0 Å². The number of carbonyl (C=O) groups is 2. The van der Waals surface area contributed by atoms with Crippen molar-refractivity contribution in [2.75, 3.05) is 27.9 Å². The molecule has 0 aliphatic rings. The molecule has 1 unspecified atom stereocenters. The third kappa shape index (κ3) is 4.63. The maximum absolute atomic E-state index is 12.5. The Balaban J connectivity index is 3.05. The number of hydrogen-bond acceptors (Lipinski definition) is 5. The maximum Gasteiger partial charge on any atom is 0.305 e. The van der Waals surface area contributed by atoms with Gasteiger partial charge in [-0.3, -0.25) is 9.59 Å². The summed E-state index contributed by atoms with van der Waals surface area (Å²) in [6.07, 6.45) is -0.265. The first-order valence-corrected chi connectivity index (χ1v) is 6.60. The van der Waals surface area contributed by atoms with Gasteiger partial charge in [0, 0.05) is 7.11 Å². The largest absolute Gasteiger partial charge is 0.497 e. The zero-order valence-corrected chi connectivity index (χ0v) is 13.1. The Labute approximate surface area is 129 Å². The first-order valence-electron chi connectivity index (χ1n) is 6.60. The van der Waals surface area contributed by atoms with Crippen LogP contribution < -0.4 is 14.8 Å². The SMILES string of the molecule is COCC(C)(CC(=O)O)NC(=O)c1cc(OC)ccc1OC. The third-order valence-electron chi connectivity index (χ3n) is 3.07. The molecule has 0 saturated heterocycles. The number of carbonyl (C=O) groups excluding carboxylic acids is 1. The summed E-state index contributed by atoms with van der Waals surface area (Å²) in [6.45, 7) is 1.67. The van der Waals surface area contributed by atoms with Gasteiger partial charge < -0.3 is 24.6 Å². The van der Waals surface area contributed by atoms with Crippen molar-refractivity contribution in [2.45, 2.75) is 18.9 Å². The summed E-state index contributed by atoms with van der Waals surface area (Å²) in [5, 5.41) is 11.7. The fraction of sp³-hybridized carbons (Fsp3) is 0.467. The second-order valence-electron chi connectivity index (χ2n) is 5.08. The van der Waals surface area contributed by atoms with Gasteiger partial charge in [0.15, 0.2) is 0 Å². The Bertz CT molecular complexity index is 545. The van der Waals surface area contributed by atoms with Gasteiger partial charge in [0.25, 0.3) is 5.91 Å². The number of benzene rings is 1. The van der Waals surface area contributed by atoms with Crippen LogP contribution in [0.25, 0.3) is 0 Å². The Morgan fingerprint density at radius 1 is 1.23 bits per heavy atom. The van der Waals surface area contributed by atoms with Crippen LogP contribution in [0.5, 0.6) is 11.5 Å². The minimum absolute atomic E-state index is 0.0668. The van der Waals surface area contributed by atoms with E-state index in [2.05, 4.69) is 5.32 Å². The summed E-state index contributed by atoms with van der Waals surface area (Å²) in [6, 6.07) is 4.81. The minimum Gasteiger partial charge on any atom is -0.497 e. The van der Waals surface area contributed by atoms with Gasteiger partial charge in [-0.1, -0.05) is 0 Å². The average Bonchev–Trinajstić information content (AvgIpc) is 2.45. The molecule has 2 N–H and O–H groups in total. The van der Waals surface area contributed by atoms with Crippen LogP contribution in [-0.2, 0) is 9.53 Å². The second kappa shape index (κ2) is 7.65. The first kappa shape index (κ1) is 17.8. The second-order valence-corrected chi connectivity index (χ2v) is 5.08. The number of hydrogen-bond donors (Lipinski definition) is 2. The van der Waals surface area contributed by atoms with Crippen molar-refractivity contribution in [3.8, 4) is 11.5 Å². The molecule has 0 fully saturated rings. The molecule has 1 aromatic carbocycles. The van der Waals surface area contributed by atoms with Gasteiger partial charge in [-0.15, -0.1) is 0 Å². The van der Waals surface area contributed by atoms with Gasteiger partial charge in [0.1, 0.15) is 11.5 Å². The van der Waals surface area contributed by atoms with Crippen molar-refractivity contribution in [3.63, 3.8) is 0 Å². The molecule has 0 radical (unpaired) electrons. The average molecular weight is 311 g/mol. The smallest absolute Gasteiger partial charge is 0.305 e. The van der Waals surface area contributed by atoms with E-state index in [4.69, 9.17) is 19.3 Å². The highest BCUT2D eigenvalue weighted by Crippen LogP contribution is 2.25. The Hall–Kier alpha value is -2.28. The standard InChI is InChI=1S/C15H21NO6/c1-15(9-20-2,8-13(17)18)16-14(19)11-7-10(21-3)5-6-12(11)22-4/h5-7H,8-9H2,1-4H3,(H,16,19)(H,17,18). The lowest BCUT2D eigenvalue weighted by atomic mass is 9.98. The van der Waals surface area contributed by atoms with E-state index in [1.54, 1.807) is 19.1 Å². The molecule has 0 saturated carbocycles. The van der Waals surface area contributed by atoms with Crippen LogP contribution in [0.15, 0.2) is 18.2 Å². The van der Waals surface area contributed by atoms with E-state index in [-0.39, 0.29) is 18.6 Å². The van der Waals surface area contributed by atoms with Crippen LogP contribution in [0.2, 0.25) is 0 Å². The molecule has 1 aromatic rings. The fourth-order valence-electron chi connectivity index (χ4n) is 2.12. The first-order chi connectivity index (χ1) is 10.3. The van der Waals surface area contributed by atoms with Crippen molar-refractivity contribution < 1.29 is 28.9 Å². The maximum atomic E-state index is 12.5. The summed E-state index contributed by atoms with van der Waals surface area (Å²) < 4.78 is 15.3. The molecule has 1 atom stereocenters. The number of nitrogens with one attached hydrogen (secondary N) is 1. The highest BCUT2D eigenvalue weighted by Gasteiger charge is 2.31. The molecule has 0 heterocycles. The van der Waals surface area contributed by atoms with E-state index in [0.29, 0.717) is 11.5 Å². The van der Waals surface area contributed by atoms with Crippen LogP contribution in [0.3, 0.4) is 0 Å². The molecule has 7 heteroatoms. The predicted molar refractivity (Wildman–Crippen MR) is 79.5 cm³/mol. The van der Waals surface area contributed by atoms with Crippen LogP contribution in [-0.4, -0.2) is 50.5 Å². The van der Waals surface area contributed by atoms with E-state index in [1.807, 2.05) is 0 Å². The van der Waals surface area contributed by atoms with E-state index in [1.165, 1.54) is 27.4 Å². The molecular formula is C15H21NO6. The Kier molecular flexibility index (Phi) is 6.18. The van der Waals surface area contributed by atoms with Gasteiger partial charge >= 0.3 is 5.97 Å². The van der Waals surface area contributed by atoms with Crippen molar-refractivity contribution in [1.29, 1.82) is 0 Å². The molecule has 0 bridgehead atoms. The number of carboxylic acids is 1. The van der Waals surface area contributed by atoms with Gasteiger partial charge in [-0.05, 0) is 25.1 Å². The van der Waals surface area contributed by atoms with Crippen molar-refractivity contribution >= 4 is 11.9 Å². The number of methoxy groups -OCH3 is 3. The van der Waals surface area contributed by atoms with Gasteiger partial charge in [-0.25, -0.2) is 0 Å². The fourth-order valence-corrected chi connectivity index (χ4v) is 2.12. The molecule has 0 aliphatic carbocycles. The van der Waals surface area contributed by atoms with Crippen molar-refractivity contribution in [1.82, 2.24) is 5.32 Å². The molecule has 1 amide bonds. The molecule has 22 heavy (non-hydrogen) atoms. The quantitative estimate of drug-likeness (QED) is 0.752. The number of carboxylic acid groups (broad SMARTS) is 1. The number of amides is 1. The van der Waals surface area contributed by atoms with Crippen LogP contribution in [0, 0.1) is 0 Å². The van der Waals surface area contributed by atoms with E-state index in [0.717, 1.165) is 0 Å². The van der Waals surface area contributed by atoms with Crippen molar-refractivity contribution in [3.05, 3.63) is 23.8 Å². The van der Waals surface area contributed by atoms with Crippen LogP contribution in [0.1, 0.15) is 23.7 Å². The molecule has 0 spiro atoms. The monoisotopic (exact) mass is 311 g/mol. The lowest BCUT2D eigenvalue weighted by molar-refractivity contribution is -0.139. The topological polar surface area (TPSA) is 94.1 Å². The lowest BCUT2D eigenvalue weighted by Crippen LogP contribution is -2.50. The zero-order valence-electron chi connectivity index (χ0n) is 13.1. The van der Waals surface area contributed by atoms with Crippen molar-refractivity contribution in [2.24, 2.45) is 0 Å². The van der Waals surface area contributed by atoms with Gasteiger partial charge in [0.05, 0.1) is 38.3 Å².